The van der Waals surface area contributed by atoms with Crippen molar-refractivity contribution in [2.24, 2.45) is 5.92 Å². The molecule has 5 rings (SSSR count). The van der Waals surface area contributed by atoms with Gasteiger partial charge in [-0.25, -0.2) is 4.79 Å². The molecule has 31 heavy (non-hydrogen) atoms. The summed E-state index contributed by atoms with van der Waals surface area (Å²) in [6.07, 6.45) is 7.01. The van der Waals surface area contributed by atoms with Gasteiger partial charge in [0.05, 0.1) is 12.6 Å². The number of carbonyl (C=O) groups is 1. The van der Waals surface area contributed by atoms with E-state index in [1.54, 1.807) is 0 Å². The summed E-state index contributed by atoms with van der Waals surface area (Å²) in [5, 5.41) is 4.52. The molecule has 4 nitrogen and oxygen atoms in total. The highest BCUT2D eigenvalue weighted by molar-refractivity contribution is 7.15. The van der Waals surface area contributed by atoms with Crippen molar-refractivity contribution in [3.63, 3.8) is 0 Å². The number of urea groups is 1. The minimum absolute atomic E-state index is 0.0155. The van der Waals surface area contributed by atoms with E-state index in [1.165, 1.54) is 57.1 Å². The van der Waals surface area contributed by atoms with Crippen LogP contribution in [-0.4, -0.2) is 15.5 Å². The van der Waals surface area contributed by atoms with Crippen LogP contribution in [0.5, 0.6) is 0 Å². The average Bonchev–Trinajstić information content (AvgIpc) is 3.32. The van der Waals surface area contributed by atoms with E-state index in [-0.39, 0.29) is 12.1 Å². The number of rotatable bonds is 2. The Hall–Kier alpha value is -2.53. The molecule has 1 N–H and O–H groups in total. The van der Waals surface area contributed by atoms with E-state index < -0.39 is 0 Å². The smallest absolute Gasteiger partial charge is 0.311 e. The maximum Gasteiger partial charge on any atom is 0.322 e. The van der Waals surface area contributed by atoms with Crippen molar-refractivity contribution in [2.45, 2.75) is 66.0 Å². The number of carbonyl (C=O) groups excluding carboxylic acids is 1. The fraction of sp³-hybridized carbons (Fsp3) is 0.423. The number of hydrogen-bond donors (Lipinski definition) is 1. The number of anilines is 1. The molecule has 0 spiro atoms. The van der Waals surface area contributed by atoms with Crippen LogP contribution >= 0.6 is 11.3 Å². The topological polar surface area (TPSA) is 37.3 Å². The first kappa shape index (κ1) is 20.4. The summed E-state index contributed by atoms with van der Waals surface area (Å²) < 4.78 is 2.35. The van der Waals surface area contributed by atoms with Gasteiger partial charge in [-0.05, 0) is 86.4 Å². The summed E-state index contributed by atoms with van der Waals surface area (Å²) in [5.41, 5.74) is 7.36. The monoisotopic (exact) mass is 433 g/mol. The lowest BCUT2D eigenvalue weighted by atomic mass is 9.94. The maximum absolute atomic E-state index is 13.7. The van der Waals surface area contributed by atoms with Crippen molar-refractivity contribution in [3.05, 3.63) is 69.4 Å². The van der Waals surface area contributed by atoms with Crippen LogP contribution in [0.1, 0.15) is 65.6 Å². The van der Waals surface area contributed by atoms with Gasteiger partial charge in [-0.1, -0.05) is 19.9 Å². The molecule has 3 aromatic rings. The van der Waals surface area contributed by atoms with Gasteiger partial charge in [-0.3, -0.25) is 0 Å². The number of nitrogens with zero attached hydrogens (tertiary/aromatic N) is 2. The fourth-order valence-corrected chi connectivity index (χ4v) is 6.54. The zero-order valence-corrected chi connectivity index (χ0v) is 19.7. The van der Waals surface area contributed by atoms with E-state index >= 15 is 0 Å². The second kappa shape index (κ2) is 7.86. The molecule has 0 unspecified atom stereocenters. The number of nitrogens with one attached hydrogen (secondary N) is 1. The molecule has 2 aliphatic rings. The predicted octanol–water partition coefficient (Wildman–Crippen LogP) is 6.78. The number of benzene rings is 1. The Morgan fingerprint density at radius 3 is 2.68 bits per heavy atom. The molecular formula is C26H31N3OS. The fourth-order valence-electron chi connectivity index (χ4n) is 5.14. The highest BCUT2D eigenvalue weighted by atomic mass is 32.1. The Morgan fingerprint density at radius 2 is 1.90 bits per heavy atom. The van der Waals surface area contributed by atoms with Crippen molar-refractivity contribution in [2.75, 3.05) is 5.32 Å². The average molecular weight is 434 g/mol. The molecule has 3 heterocycles. The molecule has 2 aromatic heterocycles. The molecule has 5 heteroatoms. The highest BCUT2D eigenvalue weighted by Gasteiger charge is 2.36. The zero-order chi connectivity index (χ0) is 21.7. The Bertz CT molecular complexity index is 1140. The number of amides is 2. The summed E-state index contributed by atoms with van der Waals surface area (Å²) in [5.74, 6) is 0.309. The highest BCUT2D eigenvalue weighted by Crippen LogP contribution is 2.44. The summed E-state index contributed by atoms with van der Waals surface area (Å²) in [6.45, 7) is 9.29. The Balaban J connectivity index is 1.58. The minimum Gasteiger partial charge on any atom is -0.311 e. The lowest BCUT2D eigenvalue weighted by Crippen LogP contribution is -2.39. The van der Waals surface area contributed by atoms with Gasteiger partial charge in [0.25, 0.3) is 0 Å². The van der Waals surface area contributed by atoms with Crippen LogP contribution in [0.4, 0.5) is 10.5 Å². The van der Waals surface area contributed by atoms with Crippen LogP contribution in [0.2, 0.25) is 0 Å². The normalized spacial score (nSPS) is 17.7. The van der Waals surface area contributed by atoms with Crippen LogP contribution in [0, 0.1) is 19.8 Å². The van der Waals surface area contributed by atoms with E-state index in [1.807, 2.05) is 17.4 Å². The van der Waals surface area contributed by atoms with E-state index in [9.17, 15) is 4.79 Å². The van der Waals surface area contributed by atoms with E-state index in [0.717, 1.165) is 12.1 Å². The van der Waals surface area contributed by atoms with Crippen LogP contribution in [-0.2, 0) is 19.4 Å². The van der Waals surface area contributed by atoms with Gasteiger partial charge in [0.15, 0.2) is 0 Å². The molecule has 2 amide bonds. The Kier molecular flexibility index (Phi) is 5.17. The molecule has 1 aliphatic carbocycles. The van der Waals surface area contributed by atoms with Crippen molar-refractivity contribution in [1.29, 1.82) is 0 Å². The van der Waals surface area contributed by atoms with Crippen LogP contribution < -0.4 is 5.32 Å². The largest absolute Gasteiger partial charge is 0.322 e. The third kappa shape index (κ3) is 3.49. The van der Waals surface area contributed by atoms with Gasteiger partial charge in [0, 0.05) is 28.0 Å². The summed E-state index contributed by atoms with van der Waals surface area (Å²) in [4.78, 5) is 17.3. The standard InChI is InChI=1S/C26H31N3OS/c1-16(2)24-22-9-7-13-28(22)25-21(20-8-5-6-10-23(20)31-25)15-29(24)26(30)27-19-12-11-17(3)18(4)14-19/h7,9,11-14,16,24H,5-6,8,10,15H2,1-4H3,(H,27,30)/t24-/m1/s1. The Labute approximate surface area is 188 Å². The maximum atomic E-state index is 13.7. The molecule has 1 atom stereocenters. The molecule has 1 aliphatic heterocycles. The van der Waals surface area contributed by atoms with E-state index in [0.29, 0.717) is 12.5 Å². The zero-order valence-electron chi connectivity index (χ0n) is 18.9. The quantitative estimate of drug-likeness (QED) is 0.475. The molecule has 0 bridgehead atoms. The first-order chi connectivity index (χ1) is 14.9. The number of aryl methyl sites for hydroxylation is 3. The van der Waals surface area contributed by atoms with Crippen molar-refractivity contribution in [1.82, 2.24) is 9.47 Å². The second-order valence-corrected chi connectivity index (χ2v) is 10.4. The summed E-state index contributed by atoms with van der Waals surface area (Å²) >= 11 is 1.94. The third-order valence-electron chi connectivity index (χ3n) is 6.88. The molecule has 0 saturated heterocycles. The molecule has 0 radical (unpaired) electrons. The van der Waals surface area contributed by atoms with Gasteiger partial charge in [-0.15, -0.1) is 11.3 Å². The third-order valence-corrected chi connectivity index (χ3v) is 8.21. The van der Waals surface area contributed by atoms with Crippen LogP contribution in [0.25, 0.3) is 5.00 Å². The molecule has 162 valence electrons. The van der Waals surface area contributed by atoms with Crippen molar-refractivity contribution < 1.29 is 4.79 Å². The predicted molar refractivity (Wildman–Crippen MR) is 128 cm³/mol. The van der Waals surface area contributed by atoms with Gasteiger partial charge in [0.1, 0.15) is 5.00 Å². The lowest BCUT2D eigenvalue weighted by molar-refractivity contribution is 0.161. The van der Waals surface area contributed by atoms with Crippen molar-refractivity contribution >= 4 is 23.1 Å². The minimum atomic E-state index is -0.0155. The number of thiophene rings is 1. The number of fused-ring (bicyclic) bond motifs is 5. The first-order valence-corrected chi connectivity index (χ1v) is 12.2. The first-order valence-electron chi connectivity index (χ1n) is 11.4. The Morgan fingerprint density at radius 1 is 1.10 bits per heavy atom. The van der Waals surface area contributed by atoms with Gasteiger partial charge in [0.2, 0.25) is 0 Å². The van der Waals surface area contributed by atoms with Gasteiger partial charge >= 0.3 is 6.03 Å². The molecule has 1 aromatic carbocycles. The number of hydrogen-bond acceptors (Lipinski definition) is 2. The molecular weight excluding hydrogens is 402 g/mol. The van der Waals surface area contributed by atoms with Gasteiger partial charge < -0.3 is 14.8 Å². The van der Waals surface area contributed by atoms with Crippen LogP contribution in [0.3, 0.4) is 0 Å². The molecule has 0 saturated carbocycles. The molecule has 0 fully saturated rings. The number of aromatic nitrogens is 1. The second-order valence-electron chi connectivity index (χ2n) is 9.34. The SMILES string of the molecule is Cc1ccc(NC(=O)N2Cc3c(sc4c3CCCC4)-n3cccc3[C@H]2C(C)C)cc1C. The van der Waals surface area contributed by atoms with E-state index in [4.69, 9.17) is 0 Å². The lowest BCUT2D eigenvalue weighted by Gasteiger charge is -2.33. The summed E-state index contributed by atoms with van der Waals surface area (Å²) in [7, 11) is 0. The van der Waals surface area contributed by atoms with Gasteiger partial charge in [-0.2, -0.15) is 0 Å². The van der Waals surface area contributed by atoms with Crippen molar-refractivity contribution in [3.8, 4) is 5.00 Å². The van der Waals surface area contributed by atoms with Crippen LogP contribution in [0.15, 0.2) is 36.5 Å². The summed E-state index contributed by atoms with van der Waals surface area (Å²) in [6, 6.07) is 10.5. The van der Waals surface area contributed by atoms with E-state index in [2.05, 4.69) is 72.9 Å².